The summed E-state index contributed by atoms with van der Waals surface area (Å²) in [5.41, 5.74) is 1.38. The monoisotopic (exact) mass is 424 g/mol. The third-order valence-corrected chi connectivity index (χ3v) is 5.19. The van der Waals surface area contributed by atoms with Crippen molar-refractivity contribution >= 4 is 12.0 Å². The average molecular weight is 425 g/mol. The third kappa shape index (κ3) is 7.07. The molecule has 3 rings (SSSR count). The summed E-state index contributed by atoms with van der Waals surface area (Å²) in [6.07, 6.45) is 4.00. The Morgan fingerprint density at radius 2 is 1.68 bits per heavy atom. The number of amides is 2. The maximum Gasteiger partial charge on any atom is 0.408 e. The molecule has 0 bridgehead atoms. The van der Waals surface area contributed by atoms with Crippen molar-refractivity contribution < 1.29 is 14.3 Å². The number of benzene rings is 1. The Kier molecular flexibility index (Phi) is 7.63. The van der Waals surface area contributed by atoms with Crippen LogP contribution >= 0.6 is 0 Å². The number of nitrogens with one attached hydrogen (secondary N) is 1. The van der Waals surface area contributed by atoms with E-state index in [9.17, 15) is 9.59 Å². The Balaban J connectivity index is 1.59. The summed E-state index contributed by atoms with van der Waals surface area (Å²) in [5, 5.41) is 2.77. The van der Waals surface area contributed by atoms with Crippen molar-refractivity contribution in [3.63, 3.8) is 0 Å². The molecule has 1 N–H and O–H groups in total. The number of pyridine rings is 1. The van der Waals surface area contributed by atoms with Gasteiger partial charge in [-0.1, -0.05) is 30.3 Å². The van der Waals surface area contributed by atoms with E-state index in [-0.39, 0.29) is 5.91 Å². The largest absolute Gasteiger partial charge is 0.444 e. The highest BCUT2D eigenvalue weighted by Crippen LogP contribution is 2.19. The van der Waals surface area contributed by atoms with Crippen molar-refractivity contribution in [3.8, 4) is 0 Å². The fourth-order valence-corrected chi connectivity index (χ4v) is 3.57. The number of ether oxygens (including phenoxy) is 1. The number of carbonyl (C=O) groups is 2. The number of hydrogen-bond acceptors (Lipinski definition) is 5. The van der Waals surface area contributed by atoms with E-state index >= 15 is 0 Å². The number of rotatable bonds is 6. The van der Waals surface area contributed by atoms with Gasteiger partial charge in [0, 0.05) is 45.1 Å². The average Bonchev–Trinajstić information content (AvgIpc) is 2.76. The van der Waals surface area contributed by atoms with Crippen molar-refractivity contribution in [2.75, 3.05) is 32.7 Å². The number of carbonyl (C=O) groups excluding carboxylic acids is 2. The highest BCUT2D eigenvalue weighted by molar-refractivity contribution is 5.87. The SMILES string of the molecule is CC(C)(C)OC(=O)N[C@@H](C(=O)N1CCN(CCc2ccncc2)CC1)c1ccccc1. The highest BCUT2D eigenvalue weighted by atomic mass is 16.6. The summed E-state index contributed by atoms with van der Waals surface area (Å²) in [6, 6.07) is 12.6. The zero-order valence-electron chi connectivity index (χ0n) is 18.6. The molecule has 1 aromatic carbocycles. The van der Waals surface area contributed by atoms with E-state index in [4.69, 9.17) is 4.74 Å². The predicted molar refractivity (Wildman–Crippen MR) is 120 cm³/mol. The van der Waals surface area contributed by atoms with E-state index in [1.54, 1.807) is 20.8 Å². The standard InChI is InChI=1S/C24H32N4O3/c1-24(2,3)31-23(30)26-21(20-7-5-4-6-8-20)22(29)28-17-15-27(16-18-28)14-11-19-9-12-25-13-10-19/h4-10,12-13,21H,11,14-18H2,1-3H3,(H,26,30)/t21-/m1/s1. The zero-order chi connectivity index (χ0) is 22.3. The number of aromatic nitrogens is 1. The van der Waals surface area contributed by atoms with E-state index in [0.717, 1.165) is 31.6 Å². The van der Waals surface area contributed by atoms with E-state index in [0.29, 0.717) is 13.1 Å². The molecule has 2 amide bonds. The van der Waals surface area contributed by atoms with Crippen LogP contribution in [-0.2, 0) is 16.0 Å². The summed E-state index contributed by atoms with van der Waals surface area (Å²) in [4.78, 5) is 34.0. The Bertz CT molecular complexity index is 844. The van der Waals surface area contributed by atoms with Gasteiger partial charge >= 0.3 is 6.09 Å². The lowest BCUT2D eigenvalue weighted by molar-refractivity contribution is -0.135. The van der Waals surface area contributed by atoms with Crippen molar-refractivity contribution in [2.45, 2.75) is 38.8 Å². The van der Waals surface area contributed by atoms with E-state index in [1.165, 1.54) is 5.56 Å². The van der Waals surface area contributed by atoms with Crippen LogP contribution in [0, 0.1) is 0 Å². The summed E-state index contributed by atoms with van der Waals surface area (Å²) in [6.45, 7) is 9.24. The molecular formula is C24H32N4O3. The lowest BCUT2D eigenvalue weighted by Crippen LogP contribution is -2.52. The minimum Gasteiger partial charge on any atom is -0.444 e. The molecule has 0 unspecified atom stereocenters. The lowest BCUT2D eigenvalue weighted by atomic mass is 10.1. The molecular weight excluding hydrogens is 392 g/mol. The second kappa shape index (κ2) is 10.4. The van der Waals surface area contributed by atoms with Crippen LogP contribution in [0.5, 0.6) is 0 Å². The van der Waals surface area contributed by atoms with Gasteiger partial charge in [-0.15, -0.1) is 0 Å². The summed E-state index contributed by atoms with van der Waals surface area (Å²) in [5.74, 6) is -0.106. The maximum absolute atomic E-state index is 13.3. The minimum absolute atomic E-state index is 0.106. The van der Waals surface area contributed by atoms with Crippen LogP contribution < -0.4 is 5.32 Å². The van der Waals surface area contributed by atoms with Gasteiger partial charge < -0.3 is 15.0 Å². The van der Waals surface area contributed by atoms with Gasteiger partial charge in [-0.05, 0) is 50.5 Å². The maximum atomic E-state index is 13.3. The van der Waals surface area contributed by atoms with Crippen LogP contribution in [-0.4, -0.2) is 65.1 Å². The molecule has 1 aliphatic heterocycles. The van der Waals surface area contributed by atoms with Gasteiger partial charge in [0.25, 0.3) is 0 Å². The Labute approximate surface area is 184 Å². The Hall–Kier alpha value is -2.93. The first kappa shape index (κ1) is 22.7. The molecule has 1 aliphatic rings. The fraction of sp³-hybridized carbons (Fsp3) is 0.458. The molecule has 0 aliphatic carbocycles. The second-order valence-electron chi connectivity index (χ2n) is 8.76. The molecule has 2 heterocycles. The van der Waals surface area contributed by atoms with E-state index in [1.807, 2.05) is 59.8 Å². The molecule has 0 saturated carbocycles. The first-order valence-corrected chi connectivity index (χ1v) is 10.8. The minimum atomic E-state index is -0.764. The third-order valence-electron chi connectivity index (χ3n) is 5.19. The summed E-state index contributed by atoms with van der Waals surface area (Å²) < 4.78 is 5.38. The quantitative estimate of drug-likeness (QED) is 0.772. The smallest absolute Gasteiger partial charge is 0.408 e. The predicted octanol–water partition coefficient (Wildman–Crippen LogP) is 3.03. The summed E-state index contributed by atoms with van der Waals surface area (Å²) in [7, 11) is 0. The second-order valence-corrected chi connectivity index (χ2v) is 8.76. The molecule has 166 valence electrons. The molecule has 1 atom stereocenters. The number of hydrogen-bond donors (Lipinski definition) is 1. The van der Waals surface area contributed by atoms with Crippen LogP contribution in [0.15, 0.2) is 54.9 Å². The Morgan fingerprint density at radius 1 is 1.03 bits per heavy atom. The molecule has 1 saturated heterocycles. The zero-order valence-corrected chi connectivity index (χ0v) is 18.6. The van der Waals surface area contributed by atoms with Crippen LogP contribution in [0.3, 0.4) is 0 Å². The molecule has 0 spiro atoms. The van der Waals surface area contributed by atoms with Crippen LogP contribution in [0.25, 0.3) is 0 Å². The summed E-state index contributed by atoms with van der Waals surface area (Å²) >= 11 is 0. The normalized spacial score (nSPS) is 15.9. The van der Waals surface area contributed by atoms with Crippen molar-refractivity contribution in [1.82, 2.24) is 20.1 Å². The van der Waals surface area contributed by atoms with E-state index < -0.39 is 17.7 Å². The fourth-order valence-electron chi connectivity index (χ4n) is 3.57. The first-order chi connectivity index (χ1) is 14.8. The lowest BCUT2D eigenvalue weighted by Gasteiger charge is -2.36. The molecule has 1 fully saturated rings. The van der Waals surface area contributed by atoms with Crippen molar-refractivity contribution in [1.29, 1.82) is 0 Å². The van der Waals surface area contributed by atoms with E-state index in [2.05, 4.69) is 15.2 Å². The number of piperazine rings is 1. The van der Waals surface area contributed by atoms with Gasteiger partial charge in [0.05, 0.1) is 0 Å². The number of nitrogens with zero attached hydrogens (tertiary/aromatic N) is 3. The topological polar surface area (TPSA) is 74.8 Å². The molecule has 0 radical (unpaired) electrons. The molecule has 2 aromatic rings. The van der Waals surface area contributed by atoms with Gasteiger partial charge in [0.1, 0.15) is 11.6 Å². The highest BCUT2D eigenvalue weighted by Gasteiger charge is 2.31. The van der Waals surface area contributed by atoms with Crippen LogP contribution in [0.4, 0.5) is 4.79 Å². The van der Waals surface area contributed by atoms with Crippen LogP contribution in [0.2, 0.25) is 0 Å². The molecule has 1 aromatic heterocycles. The van der Waals surface area contributed by atoms with Gasteiger partial charge in [0.15, 0.2) is 0 Å². The van der Waals surface area contributed by atoms with Crippen LogP contribution in [0.1, 0.15) is 37.9 Å². The van der Waals surface area contributed by atoms with Gasteiger partial charge in [-0.3, -0.25) is 14.7 Å². The molecule has 31 heavy (non-hydrogen) atoms. The number of alkyl carbamates (subject to hydrolysis) is 1. The van der Waals surface area contributed by atoms with Crippen molar-refractivity contribution in [3.05, 3.63) is 66.0 Å². The van der Waals surface area contributed by atoms with Gasteiger partial charge in [-0.2, -0.15) is 0 Å². The molecule has 7 heteroatoms. The Morgan fingerprint density at radius 3 is 2.29 bits per heavy atom. The van der Waals surface area contributed by atoms with Crippen molar-refractivity contribution in [2.24, 2.45) is 0 Å². The molecule has 7 nitrogen and oxygen atoms in total. The van der Waals surface area contributed by atoms with Gasteiger partial charge in [0.2, 0.25) is 5.91 Å². The van der Waals surface area contributed by atoms with Gasteiger partial charge in [-0.25, -0.2) is 4.79 Å². The first-order valence-electron chi connectivity index (χ1n) is 10.8.